The molecule has 20 heavy (non-hydrogen) atoms. The molecule has 2 N–H and O–H groups in total. The van der Waals surface area contributed by atoms with Gasteiger partial charge >= 0.3 is 0 Å². The first-order valence-corrected chi connectivity index (χ1v) is 7.92. The fraction of sp³-hybridized carbons (Fsp3) is 0.182. The maximum atomic E-state index is 11.9. The fourth-order valence-corrected chi connectivity index (χ4v) is 2.97. The van der Waals surface area contributed by atoms with Gasteiger partial charge in [0.2, 0.25) is 21.1 Å². The molecule has 0 aliphatic carbocycles. The highest BCUT2D eigenvalue weighted by Gasteiger charge is 2.15. The van der Waals surface area contributed by atoms with E-state index in [-0.39, 0.29) is 11.4 Å². The molecule has 0 spiro atoms. The molecule has 2 aromatic rings. The predicted octanol–water partition coefficient (Wildman–Crippen LogP) is 0.764. The van der Waals surface area contributed by atoms with Crippen LogP contribution in [0.15, 0.2) is 35.2 Å². The lowest BCUT2D eigenvalue weighted by molar-refractivity contribution is -0.115. The van der Waals surface area contributed by atoms with Crippen LogP contribution >= 0.6 is 11.3 Å². The highest BCUT2D eigenvalue weighted by Crippen LogP contribution is 2.13. The van der Waals surface area contributed by atoms with Gasteiger partial charge in [0.05, 0.1) is 11.4 Å². The number of rotatable bonds is 5. The van der Waals surface area contributed by atoms with E-state index in [0.29, 0.717) is 10.1 Å². The maximum Gasteiger partial charge on any atom is 0.241 e. The van der Waals surface area contributed by atoms with Gasteiger partial charge in [-0.2, -0.15) is 0 Å². The molecule has 106 valence electrons. The third kappa shape index (κ3) is 3.83. The summed E-state index contributed by atoms with van der Waals surface area (Å²) in [5.41, 5.74) is 0. The van der Waals surface area contributed by atoms with Crippen LogP contribution in [0.25, 0.3) is 0 Å². The number of aromatic nitrogens is 2. The van der Waals surface area contributed by atoms with E-state index in [1.807, 2.05) is 0 Å². The Hall–Kier alpha value is -1.84. The van der Waals surface area contributed by atoms with Gasteiger partial charge in [-0.15, -0.1) is 10.2 Å². The Balaban J connectivity index is 1.93. The summed E-state index contributed by atoms with van der Waals surface area (Å²) < 4.78 is 26.0. The Morgan fingerprint density at radius 3 is 2.55 bits per heavy atom. The number of hydrogen-bond donors (Lipinski definition) is 2. The summed E-state index contributed by atoms with van der Waals surface area (Å²) in [7, 11) is -3.69. The number of amides is 1. The van der Waals surface area contributed by atoms with E-state index in [4.69, 9.17) is 0 Å². The number of benzene rings is 1. The van der Waals surface area contributed by atoms with Crippen molar-refractivity contribution in [2.45, 2.75) is 11.8 Å². The molecule has 2 rings (SSSR count). The van der Waals surface area contributed by atoms with Crippen molar-refractivity contribution < 1.29 is 13.2 Å². The van der Waals surface area contributed by atoms with Crippen molar-refractivity contribution in [2.24, 2.45) is 0 Å². The zero-order chi connectivity index (χ0) is 14.6. The first kappa shape index (κ1) is 14.6. The lowest BCUT2D eigenvalue weighted by Crippen LogP contribution is -2.32. The molecule has 1 aromatic heterocycles. The number of carbonyl (C=O) groups excluding carboxylic acids is 1. The third-order valence-electron chi connectivity index (χ3n) is 2.25. The number of nitrogens with zero attached hydrogens (tertiary/aromatic N) is 2. The van der Waals surface area contributed by atoms with Gasteiger partial charge in [0.25, 0.3) is 0 Å². The van der Waals surface area contributed by atoms with E-state index >= 15 is 0 Å². The standard InChI is InChI=1S/C11H12N4O3S2/c1-8-14-15-11(19-8)13-10(16)7-12-20(17,18)9-5-3-2-4-6-9/h2-6,12H,7H2,1H3,(H,13,15,16). The number of aryl methyl sites for hydroxylation is 1. The zero-order valence-electron chi connectivity index (χ0n) is 10.5. The molecule has 0 unspecified atom stereocenters. The first-order chi connectivity index (χ1) is 9.47. The number of carbonyl (C=O) groups is 1. The van der Waals surface area contributed by atoms with Crippen molar-refractivity contribution in [3.8, 4) is 0 Å². The molecule has 9 heteroatoms. The molecule has 1 aromatic carbocycles. The number of sulfonamides is 1. The smallest absolute Gasteiger partial charge is 0.241 e. The Bertz CT molecular complexity index is 697. The molecule has 0 radical (unpaired) electrons. The molecule has 1 heterocycles. The maximum absolute atomic E-state index is 11.9. The predicted molar refractivity (Wildman–Crippen MR) is 74.9 cm³/mol. The summed E-state index contributed by atoms with van der Waals surface area (Å²) >= 11 is 1.21. The lowest BCUT2D eigenvalue weighted by atomic mass is 10.4. The average Bonchev–Trinajstić information content (AvgIpc) is 2.83. The third-order valence-corrected chi connectivity index (χ3v) is 4.42. The van der Waals surface area contributed by atoms with Crippen molar-refractivity contribution in [3.05, 3.63) is 35.3 Å². The van der Waals surface area contributed by atoms with Gasteiger partial charge in [0, 0.05) is 0 Å². The molecule has 0 saturated heterocycles. The minimum absolute atomic E-state index is 0.111. The van der Waals surface area contributed by atoms with E-state index in [0.717, 1.165) is 0 Å². The monoisotopic (exact) mass is 312 g/mol. The second-order valence-electron chi connectivity index (χ2n) is 3.81. The molecule has 0 aliphatic rings. The van der Waals surface area contributed by atoms with Crippen LogP contribution in [0.5, 0.6) is 0 Å². The lowest BCUT2D eigenvalue weighted by Gasteiger charge is -2.05. The van der Waals surface area contributed by atoms with E-state index in [1.54, 1.807) is 25.1 Å². The summed E-state index contributed by atoms with van der Waals surface area (Å²) in [6.45, 7) is 1.39. The minimum atomic E-state index is -3.69. The van der Waals surface area contributed by atoms with Crippen LogP contribution in [0.1, 0.15) is 5.01 Å². The van der Waals surface area contributed by atoms with E-state index in [9.17, 15) is 13.2 Å². The van der Waals surface area contributed by atoms with E-state index < -0.39 is 15.9 Å². The Morgan fingerprint density at radius 2 is 1.95 bits per heavy atom. The summed E-state index contributed by atoms with van der Waals surface area (Å²) in [5.74, 6) is -0.499. The fourth-order valence-electron chi connectivity index (χ4n) is 1.35. The zero-order valence-corrected chi connectivity index (χ0v) is 12.2. The molecule has 0 aliphatic heterocycles. The number of nitrogens with one attached hydrogen (secondary N) is 2. The summed E-state index contributed by atoms with van der Waals surface area (Å²) in [6, 6.07) is 7.84. The molecule has 0 bridgehead atoms. The normalized spacial score (nSPS) is 11.2. The van der Waals surface area contributed by atoms with Gasteiger partial charge < -0.3 is 0 Å². The largest absolute Gasteiger partial charge is 0.299 e. The van der Waals surface area contributed by atoms with Crippen molar-refractivity contribution in [1.29, 1.82) is 0 Å². The minimum Gasteiger partial charge on any atom is -0.299 e. The Morgan fingerprint density at radius 1 is 1.25 bits per heavy atom. The molecule has 7 nitrogen and oxygen atoms in total. The molecular weight excluding hydrogens is 300 g/mol. The number of anilines is 1. The van der Waals surface area contributed by atoms with E-state index in [1.165, 1.54) is 23.5 Å². The van der Waals surface area contributed by atoms with Crippen molar-refractivity contribution >= 4 is 32.4 Å². The van der Waals surface area contributed by atoms with Crippen molar-refractivity contribution in [1.82, 2.24) is 14.9 Å². The van der Waals surface area contributed by atoms with Crippen LogP contribution in [0.3, 0.4) is 0 Å². The summed E-state index contributed by atoms with van der Waals surface area (Å²) in [6.07, 6.45) is 0. The van der Waals surface area contributed by atoms with Gasteiger partial charge in [0.15, 0.2) is 0 Å². The van der Waals surface area contributed by atoms with Crippen LogP contribution in [0, 0.1) is 6.92 Å². The molecule has 0 saturated carbocycles. The van der Waals surface area contributed by atoms with Crippen molar-refractivity contribution in [2.75, 3.05) is 11.9 Å². The quantitative estimate of drug-likeness (QED) is 0.849. The molecule has 0 atom stereocenters. The summed E-state index contributed by atoms with van der Waals surface area (Å²) in [5, 5.41) is 11.0. The molecule has 0 fully saturated rings. The van der Waals surface area contributed by atoms with Gasteiger partial charge in [-0.05, 0) is 19.1 Å². The Labute approximate surface area is 120 Å². The highest BCUT2D eigenvalue weighted by atomic mass is 32.2. The van der Waals surface area contributed by atoms with Crippen LogP contribution in [-0.4, -0.2) is 31.1 Å². The van der Waals surface area contributed by atoms with Gasteiger partial charge in [0.1, 0.15) is 5.01 Å². The number of hydrogen-bond acceptors (Lipinski definition) is 6. The Kier molecular flexibility index (Phi) is 4.42. The average molecular weight is 312 g/mol. The van der Waals surface area contributed by atoms with Gasteiger partial charge in [-0.3, -0.25) is 10.1 Å². The van der Waals surface area contributed by atoms with E-state index in [2.05, 4.69) is 20.2 Å². The molecular formula is C11H12N4O3S2. The van der Waals surface area contributed by atoms with Crippen LogP contribution in [0.4, 0.5) is 5.13 Å². The summed E-state index contributed by atoms with van der Waals surface area (Å²) in [4.78, 5) is 11.7. The first-order valence-electron chi connectivity index (χ1n) is 5.62. The topological polar surface area (TPSA) is 101 Å². The van der Waals surface area contributed by atoms with Gasteiger partial charge in [-0.25, -0.2) is 13.1 Å². The second-order valence-corrected chi connectivity index (χ2v) is 6.76. The van der Waals surface area contributed by atoms with Crippen LogP contribution in [0.2, 0.25) is 0 Å². The van der Waals surface area contributed by atoms with Crippen LogP contribution < -0.4 is 10.0 Å². The second kappa shape index (κ2) is 6.07. The highest BCUT2D eigenvalue weighted by molar-refractivity contribution is 7.89. The van der Waals surface area contributed by atoms with Crippen molar-refractivity contribution in [3.63, 3.8) is 0 Å². The van der Waals surface area contributed by atoms with Gasteiger partial charge in [-0.1, -0.05) is 29.5 Å². The SMILES string of the molecule is Cc1nnc(NC(=O)CNS(=O)(=O)c2ccccc2)s1. The molecule has 1 amide bonds. The van der Waals surface area contributed by atoms with Crippen LogP contribution in [-0.2, 0) is 14.8 Å².